The number of halogens is 2. The molecule has 2 aromatic carbocycles. The van der Waals surface area contributed by atoms with Crippen LogP contribution in [0.4, 0.5) is 5.69 Å². The number of hydrogen-bond donors (Lipinski definition) is 0. The topological polar surface area (TPSA) is 37.4 Å². The van der Waals surface area contributed by atoms with Crippen molar-refractivity contribution in [3.63, 3.8) is 0 Å². The molecule has 1 amide bonds. The number of ketones is 1. The minimum atomic E-state index is -0.310. The highest BCUT2D eigenvalue weighted by Gasteiger charge is 2.40. The number of nitrogens with zero attached hydrogens (tertiary/aromatic N) is 1. The first-order valence-electron chi connectivity index (χ1n) is 8.65. The Morgan fingerprint density at radius 2 is 1.73 bits per heavy atom. The van der Waals surface area contributed by atoms with Gasteiger partial charge >= 0.3 is 0 Å². The number of carbonyl (C=O) groups is 2. The van der Waals surface area contributed by atoms with Crippen molar-refractivity contribution in [1.82, 2.24) is 0 Å². The van der Waals surface area contributed by atoms with Crippen LogP contribution >= 0.6 is 23.2 Å². The largest absolute Gasteiger partial charge is 0.294 e. The van der Waals surface area contributed by atoms with Gasteiger partial charge in [0.25, 0.3) is 0 Å². The van der Waals surface area contributed by atoms with Crippen molar-refractivity contribution < 1.29 is 9.59 Å². The van der Waals surface area contributed by atoms with Crippen LogP contribution in [0.3, 0.4) is 0 Å². The monoisotopic (exact) mass is 385 g/mol. The van der Waals surface area contributed by atoms with Crippen molar-refractivity contribution in [2.24, 2.45) is 0 Å². The third kappa shape index (κ3) is 2.95. The summed E-state index contributed by atoms with van der Waals surface area (Å²) < 4.78 is 0. The standard InChI is InChI=1S/C21H17Cl2NO2/c22-13-9-10-15(17(23)11-13)16-12-20(26)24(14-5-2-1-3-6-14)18-7-4-8-19(25)21(16)18/h1-3,5-6,9-11,16H,4,7-8,12H2/t16-/m1/s1. The SMILES string of the molecule is O=C1CCCC2=C1[C@@H](c1ccc(Cl)cc1Cl)CC(=O)N2c1ccccc1. The molecular formula is C21H17Cl2NO2. The second kappa shape index (κ2) is 6.90. The number of amides is 1. The maximum absolute atomic E-state index is 13.0. The zero-order valence-electron chi connectivity index (χ0n) is 14.0. The Hall–Kier alpha value is -2.10. The molecule has 1 aliphatic carbocycles. The van der Waals surface area contributed by atoms with Gasteiger partial charge in [-0.2, -0.15) is 0 Å². The smallest absolute Gasteiger partial charge is 0.232 e. The van der Waals surface area contributed by atoms with Gasteiger partial charge in [-0.25, -0.2) is 0 Å². The fourth-order valence-corrected chi connectivity index (χ4v) is 4.46. The normalized spacial score (nSPS) is 20.4. The van der Waals surface area contributed by atoms with Crippen LogP contribution < -0.4 is 4.90 Å². The molecule has 3 nitrogen and oxygen atoms in total. The number of anilines is 1. The number of para-hydroxylation sites is 1. The summed E-state index contributed by atoms with van der Waals surface area (Å²) >= 11 is 12.4. The lowest BCUT2D eigenvalue weighted by molar-refractivity contribution is -0.119. The van der Waals surface area contributed by atoms with Crippen molar-refractivity contribution in [1.29, 1.82) is 0 Å². The van der Waals surface area contributed by atoms with E-state index < -0.39 is 0 Å². The average Bonchev–Trinajstić information content (AvgIpc) is 2.62. The van der Waals surface area contributed by atoms with Gasteiger partial charge in [-0.15, -0.1) is 0 Å². The van der Waals surface area contributed by atoms with Crippen LogP contribution in [0, 0.1) is 0 Å². The van der Waals surface area contributed by atoms with Gasteiger partial charge in [0.15, 0.2) is 5.78 Å². The van der Waals surface area contributed by atoms with Gasteiger partial charge in [0.1, 0.15) is 0 Å². The Balaban J connectivity index is 1.88. The molecule has 0 spiro atoms. The summed E-state index contributed by atoms with van der Waals surface area (Å²) in [5.41, 5.74) is 3.14. The van der Waals surface area contributed by atoms with E-state index >= 15 is 0 Å². The van der Waals surface area contributed by atoms with Gasteiger partial charge in [0.2, 0.25) is 5.91 Å². The molecule has 26 heavy (non-hydrogen) atoms. The molecule has 0 unspecified atom stereocenters. The van der Waals surface area contributed by atoms with E-state index in [1.165, 1.54) is 0 Å². The molecular weight excluding hydrogens is 369 g/mol. The Morgan fingerprint density at radius 3 is 2.46 bits per heavy atom. The first kappa shape index (κ1) is 17.3. The molecule has 0 N–H and O–H groups in total. The van der Waals surface area contributed by atoms with Crippen LogP contribution in [-0.4, -0.2) is 11.7 Å². The zero-order chi connectivity index (χ0) is 18.3. The predicted octanol–water partition coefficient (Wildman–Crippen LogP) is 5.52. The highest BCUT2D eigenvalue weighted by Crippen LogP contribution is 2.45. The second-order valence-corrected chi connectivity index (χ2v) is 7.47. The van der Waals surface area contributed by atoms with Crippen LogP contribution in [-0.2, 0) is 9.59 Å². The minimum absolute atomic E-state index is 0.0133. The van der Waals surface area contributed by atoms with Crippen LogP contribution in [0.1, 0.15) is 37.2 Å². The van der Waals surface area contributed by atoms with E-state index in [1.807, 2.05) is 36.4 Å². The lowest BCUT2D eigenvalue weighted by Crippen LogP contribution is -2.40. The molecule has 0 radical (unpaired) electrons. The summed E-state index contributed by atoms with van der Waals surface area (Å²) in [6.45, 7) is 0. The van der Waals surface area contributed by atoms with Crippen molar-refractivity contribution >= 4 is 40.6 Å². The van der Waals surface area contributed by atoms with Gasteiger partial charge in [0, 0.05) is 45.8 Å². The molecule has 4 rings (SSSR count). The summed E-state index contributed by atoms with van der Waals surface area (Å²) in [6.07, 6.45) is 2.21. The maximum atomic E-state index is 13.0. The number of allylic oxidation sites excluding steroid dienone is 2. The summed E-state index contributed by atoms with van der Waals surface area (Å²) in [4.78, 5) is 27.6. The Labute approximate surface area is 162 Å². The van der Waals surface area contributed by atoms with E-state index in [1.54, 1.807) is 17.0 Å². The molecule has 0 saturated carbocycles. The van der Waals surface area contributed by atoms with Crippen LogP contribution in [0.5, 0.6) is 0 Å². The molecule has 2 aliphatic rings. The summed E-state index contributed by atoms with van der Waals surface area (Å²) in [5, 5.41) is 1.03. The van der Waals surface area contributed by atoms with Crippen LogP contribution in [0.25, 0.3) is 0 Å². The average molecular weight is 386 g/mol. The van der Waals surface area contributed by atoms with Gasteiger partial charge in [-0.05, 0) is 42.7 Å². The Morgan fingerprint density at radius 1 is 0.962 bits per heavy atom. The Kier molecular flexibility index (Phi) is 4.60. The van der Waals surface area contributed by atoms with Crippen molar-refractivity contribution in [2.45, 2.75) is 31.6 Å². The number of hydrogen-bond acceptors (Lipinski definition) is 2. The molecule has 2 aromatic rings. The molecule has 132 valence electrons. The highest BCUT2D eigenvalue weighted by molar-refractivity contribution is 6.35. The minimum Gasteiger partial charge on any atom is -0.294 e. The number of Topliss-reactive ketones (excluding diaryl/α,β-unsaturated/α-hetero) is 1. The molecule has 0 fully saturated rings. The number of carbonyl (C=O) groups excluding carboxylic acids is 2. The van der Waals surface area contributed by atoms with Gasteiger partial charge < -0.3 is 0 Å². The van der Waals surface area contributed by atoms with Crippen LogP contribution in [0.2, 0.25) is 10.0 Å². The highest BCUT2D eigenvalue weighted by atomic mass is 35.5. The number of rotatable bonds is 2. The van der Waals surface area contributed by atoms with Crippen molar-refractivity contribution in [2.75, 3.05) is 4.90 Å². The maximum Gasteiger partial charge on any atom is 0.232 e. The summed E-state index contributed by atoms with van der Waals surface area (Å²) in [7, 11) is 0. The number of benzene rings is 2. The molecule has 1 aliphatic heterocycles. The molecule has 1 heterocycles. The van der Waals surface area contributed by atoms with Crippen molar-refractivity contribution in [3.8, 4) is 0 Å². The molecule has 0 saturated heterocycles. The Bertz CT molecular complexity index is 921. The summed E-state index contributed by atoms with van der Waals surface area (Å²) in [6, 6.07) is 14.8. The van der Waals surface area contributed by atoms with E-state index in [9.17, 15) is 9.59 Å². The van der Waals surface area contributed by atoms with Gasteiger partial charge in [-0.3, -0.25) is 14.5 Å². The fourth-order valence-electron chi connectivity index (χ4n) is 3.92. The molecule has 0 bridgehead atoms. The van der Waals surface area contributed by atoms with Crippen molar-refractivity contribution in [3.05, 3.63) is 75.4 Å². The van der Waals surface area contributed by atoms with E-state index in [-0.39, 0.29) is 24.0 Å². The first-order valence-corrected chi connectivity index (χ1v) is 9.41. The third-order valence-electron chi connectivity index (χ3n) is 5.03. The second-order valence-electron chi connectivity index (χ2n) is 6.62. The molecule has 1 atom stereocenters. The lowest BCUT2D eigenvalue weighted by Gasteiger charge is -2.38. The summed E-state index contributed by atoms with van der Waals surface area (Å²) in [5.74, 6) is -0.216. The fraction of sp³-hybridized carbons (Fsp3) is 0.238. The predicted molar refractivity (Wildman–Crippen MR) is 104 cm³/mol. The van der Waals surface area contributed by atoms with Gasteiger partial charge in [0.05, 0.1) is 0 Å². The van der Waals surface area contributed by atoms with E-state index in [0.717, 1.165) is 28.9 Å². The van der Waals surface area contributed by atoms with E-state index in [4.69, 9.17) is 23.2 Å². The lowest BCUT2D eigenvalue weighted by atomic mass is 9.77. The molecule has 5 heteroatoms. The molecule has 0 aromatic heterocycles. The zero-order valence-corrected chi connectivity index (χ0v) is 15.6. The third-order valence-corrected chi connectivity index (χ3v) is 5.59. The first-order chi connectivity index (χ1) is 12.6. The van der Waals surface area contributed by atoms with Gasteiger partial charge in [-0.1, -0.05) is 47.5 Å². The van der Waals surface area contributed by atoms with E-state index in [0.29, 0.717) is 22.9 Å². The van der Waals surface area contributed by atoms with Crippen LogP contribution in [0.15, 0.2) is 59.8 Å². The quantitative estimate of drug-likeness (QED) is 0.682. The van der Waals surface area contributed by atoms with E-state index in [2.05, 4.69) is 0 Å².